The van der Waals surface area contributed by atoms with Gasteiger partial charge in [-0.1, -0.05) is 67.4 Å². The van der Waals surface area contributed by atoms with Crippen molar-refractivity contribution in [1.82, 2.24) is 10.7 Å². The lowest BCUT2D eigenvalue weighted by Gasteiger charge is -2.20. The molecule has 2 rings (SSSR count). The number of benzene rings is 2. The van der Waals surface area contributed by atoms with E-state index in [2.05, 4.69) is 16.2 Å². The van der Waals surface area contributed by atoms with Gasteiger partial charge in [0, 0.05) is 5.02 Å². The van der Waals surface area contributed by atoms with E-state index in [0.29, 0.717) is 22.2 Å². The predicted octanol–water partition coefficient (Wildman–Crippen LogP) is 4.78. The predicted molar refractivity (Wildman–Crippen MR) is 111 cm³/mol. The van der Waals surface area contributed by atoms with E-state index >= 15 is 0 Å². The van der Waals surface area contributed by atoms with Crippen LogP contribution in [0.5, 0.6) is 0 Å². The molecule has 0 radical (unpaired) electrons. The number of halogens is 2. The maximum absolute atomic E-state index is 12.5. The van der Waals surface area contributed by atoms with Crippen LogP contribution in [0.3, 0.4) is 0 Å². The van der Waals surface area contributed by atoms with Crippen LogP contribution in [-0.4, -0.2) is 18.0 Å². The Morgan fingerprint density at radius 2 is 1.79 bits per heavy atom. The summed E-state index contributed by atoms with van der Waals surface area (Å²) >= 11 is 11.9. The first kappa shape index (κ1) is 21.9. The minimum atomic E-state index is -0.762. The SMILES string of the molecule is CC(C)CC(NC(=O)OCc1ccccc1)C(=O)NNc1ccc(Cl)cc1Cl. The van der Waals surface area contributed by atoms with Crippen molar-refractivity contribution in [3.05, 3.63) is 64.1 Å². The highest BCUT2D eigenvalue weighted by Gasteiger charge is 2.22. The van der Waals surface area contributed by atoms with E-state index in [1.807, 2.05) is 44.2 Å². The molecule has 0 aliphatic carbocycles. The summed E-state index contributed by atoms with van der Waals surface area (Å²) in [6.07, 6.45) is -0.211. The van der Waals surface area contributed by atoms with E-state index in [1.54, 1.807) is 18.2 Å². The van der Waals surface area contributed by atoms with E-state index in [9.17, 15) is 9.59 Å². The van der Waals surface area contributed by atoms with Crippen LogP contribution in [0.1, 0.15) is 25.8 Å². The molecule has 1 unspecified atom stereocenters. The summed E-state index contributed by atoms with van der Waals surface area (Å²) in [7, 11) is 0. The zero-order valence-electron chi connectivity index (χ0n) is 15.7. The Labute approximate surface area is 174 Å². The molecule has 3 N–H and O–H groups in total. The molecule has 0 saturated heterocycles. The summed E-state index contributed by atoms with van der Waals surface area (Å²) in [5.41, 5.74) is 6.66. The molecule has 0 aromatic heterocycles. The van der Waals surface area contributed by atoms with Crippen molar-refractivity contribution in [1.29, 1.82) is 0 Å². The van der Waals surface area contributed by atoms with E-state index in [0.717, 1.165) is 5.56 Å². The largest absolute Gasteiger partial charge is 0.445 e. The first-order chi connectivity index (χ1) is 13.3. The fourth-order valence-electron chi connectivity index (χ4n) is 2.42. The summed E-state index contributed by atoms with van der Waals surface area (Å²) in [5.74, 6) is -0.222. The first-order valence-corrected chi connectivity index (χ1v) is 9.59. The fraction of sp³-hybridized carbons (Fsp3) is 0.300. The summed E-state index contributed by atoms with van der Waals surface area (Å²) in [5, 5.41) is 3.46. The topological polar surface area (TPSA) is 79.5 Å². The van der Waals surface area contributed by atoms with Crippen molar-refractivity contribution in [2.75, 3.05) is 5.43 Å². The zero-order valence-corrected chi connectivity index (χ0v) is 17.2. The molecule has 0 heterocycles. The minimum Gasteiger partial charge on any atom is -0.445 e. The monoisotopic (exact) mass is 423 g/mol. The smallest absolute Gasteiger partial charge is 0.408 e. The molecular formula is C20H23Cl2N3O3. The normalized spacial score (nSPS) is 11.6. The molecule has 0 aliphatic rings. The number of hydrogen-bond donors (Lipinski definition) is 3. The third-order valence-electron chi connectivity index (χ3n) is 3.78. The van der Waals surface area contributed by atoms with Crippen LogP contribution >= 0.6 is 23.2 Å². The quantitative estimate of drug-likeness (QED) is 0.533. The summed E-state index contributed by atoms with van der Waals surface area (Å²) in [6.45, 7) is 4.04. The Balaban J connectivity index is 1.91. The molecule has 0 bridgehead atoms. The molecule has 0 aliphatic heterocycles. The van der Waals surface area contributed by atoms with Gasteiger partial charge >= 0.3 is 6.09 Å². The number of rotatable bonds is 8. The highest BCUT2D eigenvalue weighted by molar-refractivity contribution is 6.36. The van der Waals surface area contributed by atoms with Gasteiger partial charge in [-0.3, -0.25) is 15.6 Å². The number of anilines is 1. The fourth-order valence-corrected chi connectivity index (χ4v) is 2.87. The van der Waals surface area contributed by atoms with Crippen LogP contribution in [0.2, 0.25) is 10.0 Å². The molecule has 2 aromatic carbocycles. The highest BCUT2D eigenvalue weighted by atomic mass is 35.5. The maximum atomic E-state index is 12.5. The molecule has 2 amide bonds. The lowest BCUT2D eigenvalue weighted by molar-refractivity contribution is -0.123. The number of alkyl carbamates (subject to hydrolysis) is 1. The molecule has 28 heavy (non-hydrogen) atoms. The molecule has 0 spiro atoms. The Hall–Kier alpha value is -2.44. The van der Waals surface area contributed by atoms with Crippen molar-refractivity contribution in [3.8, 4) is 0 Å². The summed E-state index contributed by atoms with van der Waals surface area (Å²) in [6, 6.07) is 13.4. The Morgan fingerprint density at radius 3 is 2.43 bits per heavy atom. The Kier molecular flexibility index (Phi) is 8.42. The zero-order chi connectivity index (χ0) is 20.5. The van der Waals surface area contributed by atoms with Gasteiger partial charge in [0.05, 0.1) is 10.7 Å². The third kappa shape index (κ3) is 7.29. The van der Waals surface area contributed by atoms with Gasteiger partial charge in [0.1, 0.15) is 12.6 Å². The van der Waals surface area contributed by atoms with Crippen molar-refractivity contribution in [3.63, 3.8) is 0 Å². The lowest BCUT2D eigenvalue weighted by atomic mass is 10.0. The number of ether oxygens (including phenoxy) is 1. The minimum absolute atomic E-state index is 0.126. The van der Waals surface area contributed by atoms with Gasteiger partial charge in [-0.05, 0) is 36.1 Å². The van der Waals surface area contributed by atoms with Gasteiger partial charge in [0.2, 0.25) is 0 Å². The first-order valence-electron chi connectivity index (χ1n) is 8.83. The van der Waals surface area contributed by atoms with E-state index < -0.39 is 18.0 Å². The highest BCUT2D eigenvalue weighted by Crippen LogP contribution is 2.24. The van der Waals surface area contributed by atoms with Crippen LogP contribution in [-0.2, 0) is 16.1 Å². The molecule has 150 valence electrons. The number of hydrogen-bond acceptors (Lipinski definition) is 4. The van der Waals surface area contributed by atoms with Crippen molar-refractivity contribution in [2.45, 2.75) is 32.9 Å². The number of nitrogens with one attached hydrogen (secondary N) is 3. The molecule has 6 nitrogen and oxygen atoms in total. The average molecular weight is 424 g/mol. The van der Waals surface area contributed by atoms with E-state index in [1.165, 1.54) is 0 Å². The number of carbonyl (C=O) groups is 2. The van der Waals surface area contributed by atoms with E-state index in [4.69, 9.17) is 27.9 Å². The van der Waals surface area contributed by atoms with Gasteiger partial charge in [0.15, 0.2) is 0 Å². The average Bonchev–Trinajstić information content (AvgIpc) is 2.65. The van der Waals surface area contributed by atoms with E-state index in [-0.39, 0.29) is 12.5 Å². The molecule has 0 fully saturated rings. The third-order valence-corrected chi connectivity index (χ3v) is 4.33. The van der Waals surface area contributed by atoms with Crippen LogP contribution in [0.4, 0.5) is 10.5 Å². The van der Waals surface area contributed by atoms with Crippen LogP contribution in [0.25, 0.3) is 0 Å². The van der Waals surface area contributed by atoms with Crippen LogP contribution in [0, 0.1) is 5.92 Å². The lowest BCUT2D eigenvalue weighted by Crippen LogP contribution is -2.49. The van der Waals surface area contributed by atoms with Crippen molar-refractivity contribution < 1.29 is 14.3 Å². The van der Waals surface area contributed by atoms with Gasteiger partial charge in [-0.25, -0.2) is 4.79 Å². The van der Waals surface area contributed by atoms with Gasteiger partial charge < -0.3 is 10.1 Å². The second-order valence-electron chi connectivity index (χ2n) is 6.63. The number of hydrazine groups is 1. The van der Waals surface area contributed by atoms with Crippen molar-refractivity contribution >= 4 is 40.9 Å². The number of amides is 2. The van der Waals surface area contributed by atoms with Crippen LogP contribution in [0.15, 0.2) is 48.5 Å². The molecule has 0 saturated carbocycles. The molecule has 8 heteroatoms. The Bertz CT molecular complexity index is 801. The molecular weight excluding hydrogens is 401 g/mol. The number of carbonyl (C=O) groups excluding carboxylic acids is 2. The van der Waals surface area contributed by atoms with Gasteiger partial charge in [-0.15, -0.1) is 0 Å². The summed E-state index contributed by atoms with van der Waals surface area (Å²) in [4.78, 5) is 24.6. The standard InChI is InChI=1S/C20H23Cl2N3O3/c1-13(2)10-18(23-20(27)28-12-14-6-4-3-5-7-14)19(26)25-24-17-9-8-15(21)11-16(17)22/h3-9,11,13,18,24H,10,12H2,1-2H3,(H,23,27)(H,25,26). The van der Waals surface area contributed by atoms with Gasteiger partial charge in [0.25, 0.3) is 5.91 Å². The molecule has 2 aromatic rings. The maximum Gasteiger partial charge on any atom is 0.408 e. The van der Waals surface area contributed by atoms with Crippen LogP contribution < -0.4 is 16.2 Å². The summed E-state index contributed by atoms with van der Waals surface area (Å²) < 4.78 is 5.20. The Morgan fingerprint density at radius 1 is 1.07 bits per heavy atom. The van der Waals surface area contributed by atoms with Crippen molar-refractivity contribution in [2.24, 2.45) is 5.92 Å². The second kappa shape index (κ2) is 10.8. The van der Waals surface area contributed by atoms with Gasteiger partial charge in [-0.2, -0.15) is 0 Å². The molecule has 1 atom stereocenters. The second-order valence-corrected chi connectivity index (χ2v) is 7.47.